The van der Waals surface area contributed by atoms with Crippen molar-refractivity contribution in [1.29, 1.82) is 0 Å². The Morgan fingerprint density at radius 3 is 2.58 bits per heavy atom. The average Bonchev–Trinajstić information content (AvgIpc) is 2.14. The van der Waals surface area contributed by atoms with Gasteiger partial charge in [-0.2, -0.15) is 0 Å². The van der Waals surface area contributed by atoms with E-state index in [1.54, 1.807) is 0 Å². The second-order valence-electron chi connectivity index (χ2n) is 2.25. The molecule has 0 heterocycles. The normalized spacial score (nSPS) is 10.4. The summed E-state index contributed by atoms with van der Waals surface area (Å²) in [7, 11) is 0. The monoisotopic (exact) mass is 274 g/mol. The van der Waals surface area contributed by atoms with Gasteiger partial charge in [0, 0.05) is 4.43 Å². The standard InChI is InChI=1S/C10H11IO/c11-8-4-5-9-12-10-6-2-1-3-7-10/h1-7H,8-9H2/b5-4+. The molecule has 0 saturated heterocycles. The first kappa shape index (κ1) is 9.58. The Bertz CT molecular complexity index is 231. The fourth-order valence-corrected chi connectivity index (χ4v) is 1.15. The lowest BCUT2D eigenvalue weighted by molar-refractivity contribution is 0.363. The maximum absolute atomic E-state index is 5.42. The van der Waals surface area contributed by atoms with Crippen LogP contribution in [0.4, 0.5) is 0 Å². The number of para-hydroxylation sites is 1. The average molecular weight is 274 g/mol. The van der Waals surface area contributed by atoms with Crippen LogP contribution in [0.25, 0.3) is 0 Å². The van der Waals surface area contributed by atoms with E-state index in [2.05, 4.69) is 28.7 Å². The molecule has 0 radical (unpaired) electrons. The molecular weight excluding hydrogens is 263 g/mol. The van der Waals surface area contributed by atoms with Crippen molar-refractivity contribution in [2.45, 2.75) is 0 Å². The third-order valence-corrected chi connectivity index (χ3v) is 1.85. The van der Waals surface area contributed by atoms with Gasteiger partial charge in [-0.3, -0.25) is 0 Å². The zero-order valence-corrected chi connectivity index (χ0v) is 8.90. The van der Waals surface area contributed by atoms with Crippen LogP contribution in [0.3, 0.4) is 0 Å². The molecule has 0 spiro atoms. The van der Waals surface area contributed by atoms with E-state index in [9.17, 15) is 0 Å². The Balaban J connectivity index is 2.29. The Hall–Kier alpha value is -0.510. The van der Waals surface area contributed by atoms with E-state index in [1.807, 2.05) is 36.4 Å². The molecule has 2 heteroatoms. The van der Waals surface area contributed by atoms with Crippen LogP contribution in [0.15, 0.2) is 42.5 Å². The summed E-state index contributed by atoms with van der Waals surface area (Å²) in [6.45, 7) is 0.660. The molecule has 0 amide bonds. The van der Waals surface area contributed by atoms with Crippen molar-refractivity contribution in [1.82, 2.24) is 0 Å². The summed E-state index contributed by atoms with van der Waals surface area (Å²) in [6, 6.07) is 9.83. The Labute approximate surface area is 86.6 Å². The highest BCUT2D eigenvalue weighted by Crippen LogP contribution is 2.07. The molecule has 12 heavy (non-hydrogen) atoms. The van der Waals surface area contributed by atoms with E-state index in [0.29, 0.717) is 6.61 Å². The van der Waals surface area contributed by atoms with Crippen molar-refractivity contribution in [3.63, 3.8) is 0 Å². The van der Waals surface area contributed by atoms with Crippen LogP contribution < -0.4 is 4.74 Å². The summed E-state index contributed by atoms with van der Waals surface area (Å²) in [6.07, 6.45) is 4.11. The van der Waals surface area contributed by atoms with E-state index < -0.39 is 0 Å². The van der Waals surface area contributed by atoms with Crippen molar-refractivity contribution in [3.05, 3.63) is 42.5 Å². The van der Waals surface area contributed by atoms with Gasteiger partial charge in [-0.1, -0.05) is 52.9 Å². The number of rotatable bonds is 4. The summed E-state index contributed by atoms with van der Waals surface area (Å²) in [5.41, 5.74) is 0. The Morgan fingerprint density at radius 1 is 1.17 bits per heavy atom. The summed E-state index contributed by atoms with van der Waals surface area (Å²) in [5, 5.41) is 0. The molecule has 1 aromatic rings. The Kier molecular flexibility index (Phi) is 4.83. The summed E-state index contributed by atoms with van der Waals surface area (Å²) in [5.74, 6) is 0.926. The minimum atomic E-state index is 0.660. The number of alkyl halides is 1. The van der Waals surface area contributed by atoms with Gasteiger partial charge in [-0.15, -0.1) is 0 Å². The van der Waals surface area contributed by atoms with Gasteiger partial charge in [0.1, 0.15) is 12.4 Å². The number of halogens is 1. The number of allylic oxidation sites excluding steroid dienone is 1. The maximum atomic E-state index is 5.42. The highest BCUT2D eigenvalue weighted by atomic mass is 127. The van der Waals surface area contributed by atoms with Crippen LogP contribution >= 0.6 is 22.6 Å². The van der Waals surface area contributed by atoms with Crippen molar-refractivity contribution in [2.75, 3.05) is 11.0 Å². The number of hydrogen-bond donors (Lipinski definition) is 0. The van der Waals surface area contributed by atoms with Crippen molar-refractivity contribution < 1.29 is 4.74 Å². The van der Waals surface area contributed by atoms with E-state index in [0.717, 1.165) is 10.2 Å². The molecule has 64 valence electrons. The zero-order valence-electron chi connectivity index (χ0n) is 6.74. The highest BCUT2D eigenvalue weighted by molar-refractivity contribution is 14.1. The smallest absolute Gasteiger partial charge is 0.119 e. The molecule has 0 atom stereocenters. The van der Waals surface area contributed by atoms with Gasteiger partial charge >= 0.3 is 0 Å². The molecule has 0 aliphatic rings. The predicted octanol–water partition coefficient (Wildman–Crippen LogP) is 3.06. The predicted molar refractivity (Wildman–Crippen MR) is 60.0 cm³/mol. The second kappa shape index (κ2) is 6.06. The van der Waals surface area contributed by atoms with E-state index in [1.165, 1.54) is 0 Å². The fraction of sp³-hybridized carbons (Fsp3) is 0.200. The van der Waals surface area contributed by atoms with Crippen molar-refractivity contribution in [3.8, 4) is 5.75 Å². The van der Waals surface area contributed by atoms with Crippen LogP contribution in [0.1, 0.15) is 0 Å². The minimum Gasteiger partial charge on any atom is -0.490 e. The molecule has 0 aliphatic heterocycles. The van der Waals surface area contributed by atoms with Gasteiger partial charge in [-0.05, 0) is 12.1 Å². The molecule has 0 aromatic heterocycles. The molecule has 0 saturated carbocycles. The lowest BCUT2D eigenvalue weighted by atomic mass is 10.3. The number of benzene rings is 1. The lowest BCUT2D eigenvalue weighted by Crippen LogP contribution is -1.92. The fourth-order valence-electron chi connectivity index (χ4n) is 0.792. The largest absolute Gasteiger partial charge is 0.490 e. The quantitative estimate of drug-likeness (QED) is 0.466. The molecule has 1 aromatic carbocycles. The molecule has 0 fully saturated rings. The van der Waals surface area contributed by atoms with Gasteiger partial charge in [0.25, 0.3) is 0 Å². The molecule has 1 nitrogen and oxygen atoms in total. The molecule has 0 unspecified atom stereocenters. The van der Waals surface area contributed by atoms with Crippen LogP contribution in [-0.2, 0) is 0 Å². The second-order valence-corrected chi connectivity index (χ2v) is 3.13. The molecule has 1 rings (SSSR count). The number of hydrogen-bond acceptors (Lipinski definition) is 1. The first-order valence-electron chi connectivity index (χ1n) is 3.82. The highest BCUT2D eigenvalue weighted by Gasteiger charge is 1.86. The third kappa shape index (κ3) is 3.76. The maximum Gasteiger partial charge on any atom is 0.119 e. The van der Waals surface area contributed by atoms with E-state index >= 15 is 0 Å². The van der Waals surface area contributed by atoms with Crippen LogP contribution in [0, 0.1) is 0 Å². The van der Waals surface area contributed by atoms with Crippen molar-refractivity contribution in [2.24, 2.45) is 0 Å². The van der Waals surface area contributed by atoms with Gasteiger partial charge < -0.3 is 4.74 Å². The summed E-state index contributed by atoms with van der Waals surface area (Å²) < 4.78 is 6.46. The Morgan fingerprint density at radius 2 is 1.92 bits per heavy atom. The van der Waals surface area contributed by atoms with Crippen molar-refractivity contribution >= 4 is 22.6 Å². The van der Waals surface area contributed by atoms with Crippen LogP contribution in [-0.4, -0.2) is 11.0 Å². The number of ether oxygens (including phenoxy) is 1. The van der Waals surface area contributed by atoms with Gasteiger partial charge in [-0.25, -0.2) is 0 Å². The van der Waals surface area contributed by atoms with E-state index in [4.69, 9.17) is 4.74 Å². The first-order chi connectivity index (χ1) is 5.93. The van der Waals surface area contributed by atoms with E-state index in [-0.39, 0.29) is 0 Å². The molecular formula is C10H11IO. The lowest BCUT2D eigenvalue weighted by Gasteiger charge is -2.00. The third-order valence-electron chi connectivity index (χ3n) is 1.35. The SMILES string of the molecule is IC/C=C/COc1ccccc1. The van der Waals surface area contributed by atoms with Gasteiger partial charge in [0.2, 0.25) is 0 Å². The first-order valence-corrected chi connectivity index (χ1v) is 5.35. The molecule has 0 N–H and O–H groups in total. The van der Waals surface area contributed by atoms with Crippen LogP contribution in [0.2, 0.25) is 0 Å². The molecule has 0 aliphatic carbocycles. The summed E-state index contributed by atoms with van der Waals surface area (Å²) >= 11 is 2.30. The van der Waals surface area contributed by atoms with Crippen LogP contribution in [0.5, 0.6) is 5.75 Å². The van der Waals surface area contributed by atoms with Gasteiger partial charge in [0.15, 0.2) is 0 Å². The van der Waals surface area contributed by atoms with Gasteiger partial charge in [0.05, 0.1) is 0 Å². The molecule has 0 bridgehead atoms. The topological polar surface area (TPSA) is 9.23 Å². The summed E-state index contributed by atoms with van der Waals surface area (Å²) in [4.78, 5) is 0. The minimum absolute atomic E-state index is 0.660. The zero-order chi connectivity index (χ0) is 8.65.